The molecule has 0 bridgehead atoms. The van der Waals surface area contributed by atoms with Crippen molar-refractivity contribution in [2.75, 3.05) is 0 Å². The first-order valence-corrected chi connectivity index (χ1v) is 7.37. The van der Waals surface area contributed by atoms with E-state index in [-0.39, 0.29) is 11.8 Å². The van der Waals surface area contributed by atoms with Crippen LogP contribution in [0.2, 0.25) is 0 Å². The number of aryl methyl sites for hydroxylation is 1. The summed E-state index contributed by atoms with van der Waals surface area (Å²) in [5, 5.41) is 12.7. The number of nitrogens with one attached hydrogen (secondary N) is 1. The van der Waals surface area contributed by atoms with E-state index in [0.29, 0.717) is 19.4 Å². The SMILES string of the molecule is CCc1cnc(CNC(=O)[C@@H]2CCC[C@@H]2C(=O)O)s1. The first-order valence-electron chi connectivity index (χ1n) is 6.56. The monoisotopic (exact) mass is 282 g/mol. The summed E-state index contributed by atoms with van der Waals surface area (Å²) in [6.45, 7) is 2.46. The number of hydrogen-bond donors (Lipinski definition) is 2. The van der Waals surface area contributed by atoms with Crippen LogP contribution < -0.4 is 5.32 Å². The summed E-state index contributed by atoms with van der Waals surface area (Å²) in [7, 11) is 0. The summed E-state index contributed by atoms with van der Waals surface area (Å²) in [4.78, 5) is 28.5. The Labute approximate surface area is 116 Å². The van der Waals surface area contributed by atoms with Gasteiger partial charge in [-0.3, -0.25) is 9.59 Å². The molecule has 104 valence electrons. The van der Waals surface area contributed by atoms with Gasteiger partial charge in [0.2, 0.25) is 5.91 Å². The molecule has 6 heteroatoms. The van der Waals surface area contributed by atoms with E-state index in [1.54, 1.807) is 11.3 Å². The van der Waals surface area contributed by atoms with E-state index in [9.17, 15) is 9.59 Å². The van der Waals surface area contributed by atoms with Crippen LogP contribution in [0, 0.1) is 11.8 Å². The summed E-state index contributed by atoms with van der Waals surface area (Å²) in [6.07, 6.45) is 4.84. The zero-order chi connectivity index (χ0) is 13.8. The summed E-state index contributed by atoms with van der Waals surface area (Å²) in [5.74, 6) is -1.93. The zero-order valence-corrected chi connectivity index (χ0v) is 11.7. The molecule has 2 N–H and O–H groups in total. The van der Waals surface area contributed by atoms with Crippen molar-refractivity contribution in [3.8, 4) is 0 Å². The van der Waals surface area contributed by atoms with Crippen molar-refractivity contribution in [2.24, 2.45) is 11.8 Å². The number of thiazole rings is 1. The number of amides is 1. The average Bonchev–Trinajstić information content (AvgIpc) is 3.04. The van der Waals surface area contributed by atoms with Crippen LogP contribution in [0.25, 0.3) is 0 Å². The lowest BCUT2D eigenvalue weighted by Crippen LogP contribution is -2.34. The standard InChI is InChI=1S/C13H18N2O3S/c1-2-8-6-14-11(19-8)7-15-12(16)9-4-3-5-10(9)13(17)18/h6,9-10H,2-5,7H2,1H3,(H,15,16)(H,17,18)/t9-,10+/m1/s1. The second-order valence-electron chi connectivity index (χ2n) is 4.77. The number of carbonyl (C=O) groups is 2. The number of carboxylic acid groups (broad SMARTS) is 1. The maximum Gasteiger partial charge on any atom is 0.307 e. The second kappa shape index (κ2) is 6.14. The van der Waals surface area contributed by atoms with Crippen molar-refractivity contribution in [1.29, 1.82) is 0 Å². The summed E-state index contributed by atoms with van der Waals surface area (Å²) in [6, 6.07) is 0. The van der Waals surface area contributed by atoms with Gasteiger partial charge in [0, 0.05) is 11.1 Å². The van der Waals surface area contributed by atoms with Crippen LogP contribution >= 0.6 is 11.3 Å². The molecule has 2 atom stereocenters. The van der Waals surface area contributed by atoms with Crippen molar-refractivity contribution < 1.29 is 14.7 Å². The molecule has 1 heterocycles. The Balaban J connectivity index is 1.88. The third kappa shape index (κ3) is 3.32. The maximum absolute atomic E-state index is 12.0. The van der Waals surface area contributed by atoms with E-state index in [0.717, 1.165) is 17.8 Å². The molecule has 0 aliphatic heterocycles. The highest BCUT2D eigenvalue weighted by Gasteiger charge is 2.37. The fourth-order valence-electron chi connectivity index (χ4n) is 2.46. The zero-order valence-electron chi connectivity index (χ0n) is 10.9. The van der Waals surface area contributed by atoms with Gasteiger partial charge in [-0.05, 0) is 19.3 Å². The Kier molecular flexibility index (Phi) is 4.52. The summed E-state index contributed by atoms with van der Waals surface area (Å²) in [5.41, 5.74) is 0. The highest BCUT2D eigenvalue weighted by atomic mass is 32.1. The number of aliphatic carboxylic acids is 1. The van der Waals surface area contributed by atoms with Crippen LogP contribution in [-0.2, 0) is 22.6 Å². The van der Waals surface area contributed by atoms with E-state index in [4.69, 9.17) is 5.11 Å². The van der Waals surface area contributed by atoms with Gasteiger partial charge in [-0.25, -0.2) is 4.98 Å². The quantitative estimate of drug-likeness (QED) is 0.863. The van der Waals surface area contributed by atoms with Crippen LogP contribution in [-0.4, -0.2) is 22.0 Å². The molecule has 5 nitrogen and oxygen atoms in total. The van der Waals surface area contributed by atoms with Gasteiger partial charge in [0.15, 0.2) is 0 Å². The molecular weight excluding hydrogens is 264 g/mol. The Morgan fingerprint density at radius 2 is 2.21 bits per heavy atom. The predicted octanol–water partition coefficient (Wildman–Crippen LogP) is 1.82. The van der Waals surface area contributed by atoms with Crippen molar-refractivity contribution >= 4 is 23.2 Å². The van der Waals surface area contributed by atoms with E-state index in [1.807, 2.05) is 6.20 Å². The molecule has 1 aliphatic carbocycles. The van der Waals surface area contributed by atoms with Gasteiger partial charge < -0.3 is 10.4 Å². The lowest BCUT2D eigenvalue weighted by Gasteiger charge is -2.14. The van der Waals surface area contributed by atoms with Crippen molar-refractivity contribution in [3.63, 3.8) is 0 Å². The number of carboxylic acids is 1. The Hall–Kier alpha value is -1.43. The highest BCUT2D eigenvalue weighted by molar-refractivity contribution is 7.11. The highest BCUT2D eigenvalue weighted by Crippen LogP contribution is 2.32. The van der Waals surface area contributed by atoms with Gasteiger partial charge in [-0.15, -0.1) is 11.3 Å². The summed E-state index contributed by atoms with van der Waals surface area (Å²) < 4.78 is 0. The number of aromatic nitrogens is 1. The van der Waals surface area contributed by atoms with Crippen LogP contribution in [0.4, 0.5) is 0 Å². The van der Waals surface area contributed by atoms with E-state index < -0.39 is 11.9 Å². The molecule has 1 saturated carbocycles. The first kappa shape index (κ1) is 14.0. The van der Waals surface area contributed by atoms with Crippen molar-refractivity contribution in [3.05, 3.63) is 16.1 Å². The lowest BCUT2D eigenvalue weighted by molar-refractivity contribution is -0.146. The number of carbonyl (C=O) groups excluding carboxylic acids is 1. The van der Waals surface area contributed by atoms with Crippen molar-refractivity contribution in [2.45, 2.75) is 39.2 Å². The molecule has 0 saturated heterocycles. The van der Waals surface area contributed by atoms with E-state index >= 15 is 0 Å². The molecule has 0 unspecified atom stereocenters. The number of hydrogen-bond acceptors (Lipinski definition) is 4. The van der Waals surface area contributed by atoms with E-state index in [1.165, 1.54) is 4.88 Å². The molecule has 1 aromatic rings. The second-order valence-corrected chi connectivity index (χ2v) is 5.97. The van der Waals surface area contributed by atoms with Crippen LogP contribution in [0.1, 0.15) is 36.1 Å². The largest absolute Gasteiger partial charge is 0.481 e. The number of rotatable bonds is 5. The minimum atomic E-state index is -0.861. The normalized spacial score (nSPS) is 22.4. The molecule has 1 fully saturated rings. The van der Waals surface area contributed by atoms with Crippen LogP contribution in [0.5, 0.6) is 0 Å². The molecule has 0 aromatic carbocycles. The average molecular weight is 282 g/mol. The fraction of sp³-hybridized carbons (Fsp3) is 0.615. The molecule has 1 aromatic heterocycles. The van der Waals surface area contributed by atoms with Gasteiger partial charge in [-0.2, -0.15) is 0 Å². The van der Waals surface area contributed by atoms with Gasteiger partial charge in [0.05, 0.1) is 18.4 Å². The molecule has 2 rings (SSSR count). The van der Waals surface area contributed by atoms with E-state index in [2.05, 4.69) is 17.2 Å². The summed E-state index contributed by atoms with van der Waals surface area (Å²) >= 11 is 1.58. The van der Waals surface area contributed by atoms with Crippen LogP contribution in [0.3, 0.4) is 0 Å². The predicted molar refractivity (Wildman–Crippen MR) is 71.8 cm³/mol. The Morgan fingerprint density at radius 1 is 1.47 bits per heavy atom. The fourth-order valence-corrected chi connectivity index (χ4v) is 3.26. The minimum Gasteiger partial charge on any atom is -0.481 e. The van der Waals surface area contributed by atoms with Gasteiger partial charge in [-0.1, -0.05) is 13.3 Å². The van der Waals surface area contributed by atoms with Gasteiger partial charge >= 0.3 is 5.97 Å². The Bertz CT molecular complexity index is 472. The third-order valence-corrected chi connectivity index (χ3v) is 4.68. The van der Waals surface area contributed by atoms with Gasteiger partial charge in [0.1, 0.15) is 5.01 Å². The van der Waals surface area contributed by atoms with Crippen LogP contribution in [0.15, 0.2) is 6.20 Å². The first-order chi connectivity index (χ1) is 9.11. The molecule has 1 aliphatic rings. The van der Waals surface area contributed by atoms with Gasteiger partial charge in [0.25, 0.3) is 0 Å². The van der Waals surface area contributed by atoms with Crippen molar-refractivity contribution in [1.82, 2.24) is 10.3 Å². The smallest absolute Gasteiger partial charge is 0.307 e. The lowest BCUT2D eigenvalue weighted by atomic mass is 9.95. The molecule has 0 spiro atoms. The number of nitrogens with zero attached hydrogens (tertiary/aromatic N) is 1. The molecular formula is C13H18N2O3S. The molecule has 19 heavy (non-hydrogen) atoms. The topological polar surface area (TPSA) is 79.3 Å². The molecule has 0 radical (unpaired) electrons. The third-order valence-electron chi connectivity index (χ3n) is 3.53. The molecule has 1 amide bonds. The maximum atomic E-state index is 12.0. The minimum absolute atomic E-state index is 0.154. The Morgan fingerprint density at radius 3 is 2.84 bits per heavy atom.